The van der Waals surface area contributed by atoms with Gasteiger partial charge in [-0.25, -0.2) is 0 Å². The molecule has 0 aliphatic carbocycles. The Bertz CT molecular complexity index is 731. The first kappa shape index (κ1) is 13.9. The third-order valence-electron chi connectivity index (χ3n) is 3.53. The van der Waals surface area contributed by atoms with Gasteiger partial charge in [-0.2, -0.15) is 0 Å². The molecule has 0 spiro atoms. The Kier molecular flexibility index (Phi) is 4.37. The van der Waals surface area contributed by atoms with Crippen LogP contribution in [0.2, 0.25) is 0 Å². The van der Waals surface area contributed by atoms with Gasteiger partial charge in [-0.05, 0) is 21.9 Å². The van der Waals surface area contributed by atoms with E-state index in [1.165, 1.54) is 10.9 Å². The number of fused-ring (bicyclic) bond motifs is 1. The van der Waals surface area contributed by atoms with Gasteiger partial charge < -0.3 is 4.79 Å². The van der Waals surface area contributed by atoms with E-state index in [-0.39, 0.29) is 5.25 Å². The fourth-order valence-corrected chi connectivity index (χ4v) is 3.49. The average Bonchev–Trinajstić information content (AvgIpc) is 2.56. The second-order valence-electron chi connectivity index (χ2n) is 4.92. The Morgan fingerprint density at radius 2 is 1.57 bits per heavy atom. The smallest absolute Gasteiger partial charge is 0.137 e. The van der Waals surface area contributed by atoms with Gasteiger partial charge in [0, 0.05) is 5.75 Å². The van der Waals surface area contributed by atoms with Gasteiger partial charge in [-0.3, -0.25) is 0 Å². The Morgan fingerprint density at radius 1 is 0.857 bits per heavy atom. The van der Waals surface area contributed by atoms with Crippen LogP contribution in [-0.4, -0.2) is 6.29 Å². The molecule has 0 aliphatic heterocycles. The Labute approximate surface area is 129 Å². The SMILES string of the molecule is O=CC(SCc1ccccc1)c1cccc2ccccc12. The van der Waals surface area contributed by atoms with Gasteiger partial charge in [0.25, 0.3) is 0 Å². The zero-order chi connectivity index (χ0) is 14.5. The minimum absolute atomic E-state index is 0.128. The van der Waals surface area contributed by atoms with Crippen molar-refractivity contribution >= 4 is 28.8 Å². The van der Waals surface area contributed by atoms with Gasteiger partial charge in [-0.15, -0.1) is 11.8 Å². The van der Waals surface area contributed by atoms with Gasteiger partial charge in [0.1, 0.15) is 6.29 Å². The van der Waals surface area contributed by atoms with Gasteiger partial charge in [-0.1, -0.05) is 72.8 Å². The lowest BCUT2D eigenvalue weighted by Crippen LogP contribution is -1.97. The van der Waals surface area contributed by atoms with Crippen LogP contribution in [0.5, 0.6) is 0 Å². The van der Waals surface area contributed by atoms with Crippen LogP contribution in [0.1, 0.15) is 16.4 Å². The standard InChI is InChI=1S/C19H16OS/c20-13-19(21-14-15-7-2-1-3-8-15)18-12-6-10-16-9-4-5-11-17(16)18/h1-13,19H,14H2. The van der Waals surface area contributed by atoms with Crippen LogP contribution in [-0.2, 0) is 10.5 Å². The minimum Gasteiger partial charge on any atom is -0.302 e. The van der Waals surface area contributed by atoms with E-state index in [1.54, 1.807) is 11.8 Å². The third kappa shape index (κ3) is 3.17. The number of thioether (sulfide) groups is 1. The highest BCUT2D eigenvalue weighted by molar-refractivity contribution is 7.99. The summed E-state index contributed by atoms with van der Waals surface area (Å²) in [6.45, 7) is 0. The molecule has 3 aromatic carbocycles. The molecule has 21 heavy (non-hydrogen) atoms. The molecule has 0 fully saturated rings. The van der Waals surface area contributed by atoms with Crippen LogP contribution in [0.4, 0.5) is 0 Å². The fraction of sp³-hybridized carbons (Fsp3) is 0.105. The van der Waals surface area contributed by atoms with Crippen molar-refractivity contribution in [3.63, 3.8) is 0 Å². The van der Waals surface area contributed by atoms with Crippen molar-refractivity contribution in [1.29, 1.82) is 0 Å². The monoisotopic (exact) mass is 292 g/mol. The van der Waals surface area contributed by atoms with Crippen molar-refractivity contribution in [2.75, 3.05) is 0 Å². The summed E-state index contributed by atoms with van der Waals surface area (Å²) in [7, 11) is 0. The maximum atomic E-state index is 11.5. The van der Waals surface area contributed by atoms with Crippen molar-refractivity contribution < 1.29 is 4.79 Å². The molecule has 0 radical (unpaired) electrons. The molecule has 0 aromatic heterocycles. The van der Waals surface area contributed by atoms with E-state index in [4.69, 9.17) is 0 Å². The van der Waals surface area contributed by atoms with Crippen LogP contribution in [0.25, 0.3) is 10.8 Å². The van der Waals surface area contributed by atoms with E-state index in [2.05, 4.69) is 36.4 Å². The minimum atomic E-state index is -0.128. The Hall–Kier alpha value is -2.06. The molecule has 0 N–H and O–H groups in total. The Morgan fingerprint density at radius 3 is 2.38 bits per heavy atom. The second kappa shape index (κ2) is 6.59. The summed E-state index contributed by atoms with van der Waals surface area (Å²) < 4.78 is 0. The fourth-order valence-electron chi connectivity index (χ4n) is 2.46. The summed E-state index contributed by atoms with van der Waals surface area (Å²) in [5, 5.41) is 2.22. The van der Waals surface area contributed by atoms with Crippen LogP contribution in [0.15, 0.2) is 72.8 Å². The van der Waals surface area contributed by atoms with E-state index in [0.29, 0.717) is 0 Å². The molecule has 3 aromatic rings. The van der Waals surface area contributed by atoms with Gasteiger partial charge in [0.05, 0.1) is 5.25 Å². The molecule has 0 saturated heterocycles. The number of hydrogen-bond donors (Lipinski definition) is 0. The summed E-state index contributed by atoms with van der Waals surface area (Å²) in [6.07, 6.45) is 1.05. The van der Waals surface area contributed by atoms with Gasteiger partial charge in [0.2, 0.25) is 0 Å². The molecule has 3 rings (SSSR count). The lowest BCUT2D eigenvalue weighted by Gasteiger charge is -2.13. The number of hydrogen-bond acceptors (Lipinski definition) is 2. The van der Waals surface area contributed by atoms with E-state index in [9.17, 15) is 4.79 Å². The van der Waals surface area contributed by atoms with Crippen molar-refractivity contribution in [2.45, 2.75) is 11.0 Å². The largest absolute Gasteiger partial charge is 0.302 e. The van der Waals surface area contributed by atoms with Gasteiger partial charge >= 0.3 is 0 Å². The predicted octanol–water partition coefficient (Wildman–Crippen LogP) is 5.01. The first-order chi connectivity index (χ1) is 10.4. The highest BCUT2D eigenvalue weighted by Crippen LogP contribution is 2.34. The summed E-state index contributed by atoms with van der Waals surface area (Å²) >= 11 is 1.67. The number of carbonyl (C=O) groups is 1. The van der Waals surface area contributed by atoms with Crippen molar-refractivity contribution in [2.24, 2.45) is 0 Å². The molecular weight excluding hydrogens is 276 g/mol. The molecule has 0 aliphatic rings. The molecule has 0 heterocycles. The second-order valence-corrected chi connectivity index (χ2v) is 6.05. The first-order valence-corrected chi connectivity index (χ1v) is 8.02. The molecule has 104 valence electrons. The normalized spacial score (nSPS) is 12.2. The maximum absolute atomic E-state index is 11.5. The lowest BCUT2D eigenvalue weighted by atomic mass is 10.0. The Balaban J connectivity index is 1.86. The summed E-state index contributed by atoms with van der Waals surface area (Å²) in [5.74, 6) is 0.841. The van der Waals surface area contributed by atoms with Crippen LogP contribution in [0, 0.1) is 0 Å². The highest BCUT2D eigenvalue weighted by atomic mass is 32.2. The van der Waals surface area contributed by atoms with Crippen molar-refractivity contribution in [3.8, 4) is 0 Å². The highest BCUT2D eigenvalue weighted by Gasteiger charge is 2.13. The molecule has 2 heteroatoms. The van der Waals surface area contributed by atoms with Crippen LogP contribution >= 0.6 is 11.8 Å². The molecule has 1 atom stereocenters. The zero-order valence-corrected chi connectivity index (χ0v) is 12.4. The average molecular weight is 292 g/mol. The van der Waals surface area contributed by atoms with Crippen LogP contribution < -0.4 is 0 Å². The van der Waals surface area contributed by atoms with E-state index in [1.807, 2.05) is 36.4 Å². The van der Waals surface area contributed by atoms with Crippen molar-refractivity contribution in [1.82, 2.24) is 0 Å². The van der Waals surface area contributed by atoms with E-state index < -0.39 is 0 Å². The van der Waals surface area contributed by atoms with E-state index in [0.717, 1.165) is 23.0 Å². The molecule has 1 unspecified atom stereocenters. The maximum Gasteiger partial charge on any atom is 0.137 e. The molecule has 0 bridgehead atoms. The molecule has 1 nitrogen and oxygen atoms in total. The molecule has 0 amide bonds. The lowest BCUT2D eigenvalue weighted by molar-refractivity contribution is -0.107. The predicted molar refractivity (Wildman–Crippen MR) is 90.5 cm³/mol. The summed E-state index contributed by atoms with van der Waals surface area (Å²) in [6, 6.07) is 24.7. The molecule has 0 saturated carbocycles. The van der Waals surface area contributed by atoms with Crippen molar-refractivity contribution in [3.05, 3.63) is 83.9 Å². The topological polar surface area (TPSA) is 17.1 Å². The number of aldehydes is 1. The summed E-state index contributed by atoms with van der Waals surface area (Å²) in [4.78, 5) is 11.5. The first-order valence-electron chi connectivity index (χ1n) is 6.97. The molecular formula is C19H16OS. The van der Waals surface area contributed by atoms with Crippen LogP contribution in [0.3, 0.4) is 0 Å². The zero-order valence-electron chi connectivity index (χ0n) is 11.6. The van der Waals surface area contributed by atoms with E-state index >= 15 is 0 Å². The quantitative estimate of drug-likeness (QED) is 0.615. The number of benzene rings is 3. The summed E-state index contributed by atoms with van der Waals surface area (Å²) in [5.41, 5.74) is 2.35. The number of rotatable bonds is 5. The third-order valence-corrected chi connectivity index (χ3v) is 4.75. The van der Waals surface area contributed by atoms with Gasteiger partial charge in [0.15, 0.2) is 0 Å². The number of carbonyl (C=O) groups excluding carboxylic acids is 1.